The van der Waals surface area contributed by atoms with Gasteiger partial charge in [0.1, 0.15) is 11.5 Å². The molecule has 2 rings (SSSR count). The van der Waals surface area contributed by atoms with Crippen molar-refractivity contribution in [3.63, 3.8) is 0 Å². The van der Waals surface area contributed by atoms with Crippen molar-refractivity contribution in [2.24, 2.45) is 5.92 Å². The van der Waals surface area contributed by atoms with Crippen LogP contribution in [-0.4, -0.2) is 25.0 Å². The predicted molar refractivity (Wildman–Crippen MR) is 115 cm³/mol. The maximum atomic E-state index is 12.2. The summed E-state index contributed by atoms with van der Waals surface area (Å²) in [6.45, 7) is 4.37. The van der Waals surface area contributed by atoms with Crippen molar-refractivity contribution in [1.29, 1.82) is 0 Å². The van der Waals surface area contributed by atoms with E-state index < -0.39 is 11.8 Å². The fourth-order valence-corrected chi connectivity index (χ4v) is 3.21. The van der Waals surface area contributed by atoms with E-state index in [0.717, 1.165) is 4.47 Å². The van der Waals surface area contributed by atoms with E-state index in [1.165, 1.54) is 0 Å². The van der Waals surface area contributed by atoms with Gasteiger partial charge in [0.2, 0.25) is 0 Å². The summed E-state index contributed by atoms with van der Waals surface area (Å²) in [4.78, 5) is 24.1. The molecule has 2 N–H and O–H groups in total. The van der Waals surface area contributed by atoms with Gasteiger partial charge in [0, 0.05) is 10.0 Å². The third-order valence-corrected chi connectivity index (χ3v) is 4.74. The number of benzene rings is 2. The first-order valence-electron chi connectivity index (χ1n) is 8.35. The molecule has 0 saturated heterocycles. The fourth-order valence-electron chi connectivity index (χ4n) is 1.99. The maximum Gasteiger partial charge on any atom is 0.276 e. The highest BCUT2D eigenvalue weighted by atomic mass is 79.9. The van der Waals surface area contributed by atoms with Crippen LogP contribution in [0.25, 0.3) is 0 Å². The lowest BCUT2D eigenvalue weighted by Crippen LogP contribution is -2.43. The van der Waals surface area contributed by atoms with Crippen molar-refractivity contribution in [1.82, 2.24) is 10.9 Å². The molecular weight excluding hydrogens is 515 g/mol. The van der Waals surface area contributed by atoms with Crippen molar-refractivity contribution >= 4 is 55.3 Å². The molecule has 0 bridgehead atoms. The molecule has 0 spiro atoms. The molecule has 0 radical (unpaired) electrons. The van der Waals surface area contributed by atoms with Crippen molar-refractivity contribution in [3.8, 4) is 11.5 Å². The molecule has 2 aromatic carbocycles. The average Bonchev–Trinajstić information content (AvgIpc) is 2.64. The molecule has 0 aliphatic heterocycles. The van der Waals surface area contributed by atoms with Gasteiger partial charge in [-0.25, -0.2) is 0 Å². The lowest BCUT2D eigenvalue weighted by Gasteiger charge is -2.12. The maximum absolute atomic E-state index is 12.2. The number of hydrogen-bond acceptors (Lipinski definition) is 4. The number of hydrogen-bond donors (Lipinski definition) is 2. The van der Waals surface area contributed by atoms with E-state index in [1.807, 2.05) is 13.8 Å². The summed E-state index contributed by atoms with van der Waals surface area (Å²) in [5.74, 6) is 0.412. The molecule has 0 unspecified atom stereocenters. The van der Waals surface area contributed by atoms with Gasteiger partial charge in [-0.15, -0.1) is 0 Å². The normalized spacial score (nSPS) is 10.5. The Morgan fingerprint density at radius 1 is 1.04 bits per heavy atom. The molecule has 0 saturated carbocycles. The van der Waals surface area contributed by atoms with Crippen LogP contribution in [-0.2, 0) is 4.79 Å². The fraction of sp³-hybridized carbons (Fsp3) is 0.263. The molecule has 9 heteroatoms. The van der Waals surface area contributed by atoms with Crippen LogP contribution >= 0.6 is 43.5 Å². The van der Waals surface area contributed by atoms with Gasteiger partial charge in [0.25, 0.3) is 11.8 Å². The molecule has 2 aromatic rings. The zero-order valence-corrected chi connectivity index (χ0v) is 19.2. The summed E-state index contributed by atoms with van der Waals surface area (Å²) in [6.07, 6.45) is 0. The molecule has 0 aliphatic rings. The van der Waals surface area contributed by atoms with Crippen molar-refractivity contribution in [2.75, 3.05) is 13.2 Å². The quantitative estimate of drug-likeness (QED) is 0.503. The number of hydrazine groups is 1. The van der Waals surface area contributed by atoms with Crippen LogP contribution in [0.15, 0.2) is 45.3 Å². The zero-order valence-electron chi connectivity index (χ0n) is 15.2. The van der Waals surface area contributed by atoms with Gasteiger partial charge in [-0.1, -0.05) is 41.4 Å². The molecule has 150 valence electrons. The van der Waals surface area contributed by atoms with Crippen molar-refractivity contribution < 1.29 is 19.1 Å². The van der Waals surface area contributed by atoms with Crippen molar-refractivity contribution in [3.05, 3.63) is 55.9 Å². The minimum absolute atomic E-state index is 0.298. The Morgan fingerprint density at radius 2 is 1.75 bits per heavy atom. The Kier molecular flexibility index (Phi) is 8.59. The van der Waals surface area contributed by atoms with E-state index in [0.29, 0.717) is 39.1 Å². The highest BCUT2D eigenvalue weighted by molar-refractivity contribution is 9.10. The Balaban J connectivity index is 1.84. The molecule has 0 aliphatic carbocycles. The molecule has 0 atom stereocenters. The first-order valence-corrected chi connectivity index (χ1v) is 10.3. The number of ether oxygens (including phenoxy) is 2. The topological polar surface area (TPSA) is 76.7 Å². The summed E-state index contributed by atoms with van der Waals surface area (Å²) < 4.78 is 12.4. The van der Waals surface area contributed by atoms with E-state index in [9.17, 15) is 9.59 Å². The van der Waals surface area contributed by atoms with Gasteiger partial charge in [-0.3, -0.25) is 20.4 Å². The van der Waals surface area contributed by atoms with E-state index in [-0.39, 0.29) is 6.61 Å². The summed E-state index contributed by atoms with van der Waals surface area (Å²) in [5, 5.41) is 0.371. The number of amides is 2. The number of carbonyl (C=O) groups excluding carboxylic acids is 2. The first kappa shape index (κ1) is 22.5. The largest absolute Gasteiger partial charge is 0.492 e. The number of carbonyl (C=O) groups is 2. The third kappa shape index (κ3) is 7.00. The second kappa shape index (κ2) is 10.7. The highest BCUT2D eigenvalue weighted by Crippen LogP contribution is 2.28. The lowest BCUT2D eigenvalue weighted by molar-refractivity contribution is -0.123. The Bertz CT molecular complexity index is 862. The van der Waals surface area contributed by atoms with E-state index in [1.54, 1.807) is 36.4 Å². The van der Waals surface area contributed by atoms with Crippen LogP contribution in [0.1, 0.15) is 24.2 Å². The van der Waals surface area contributed by atoms with Crippen LogP contribution in [0.2, 0.25) is 5.02 Å². The summed E-state index contributed by atoms with van der Waals surface area (Å²) >= 11 is 12.7. The number of nitrogens with one attached hydrogen (secondary N) is 2. The van der Waals surface area contributed by atoms with E-state index in [4.69, 9.17) is 21.1 Å². The molecule has 6 nitrogen and oxygen atoms in total. The second-order valence-corrected chi connectivity index (χ2v) is 8.39. The Labute approximate surface area is 185 Å². The van der Waals surface area contributed by atoms with Crippen LogP contribution in [0.5, 0.6) is 11.5 Å². The van der Waals surface area contributed by atoms with Crippen LogP contribution < -0.4 is 20.3 Å². The van der Waals surface area contributed by atoms with E-state index >= 15 is 0 Å². The minimum atomic E-state index is -0.525. The monoisotopic (exact) mass is 532 g/mol. The van der Waals surface area contributed by atoms with Gasteiger partial charge in [-0.2, -0.15) is 0 Å². The van der Waals surface area contributed by atoms with E-state index in [2.05, 4.69) is 42.7 Å². The second-order valence-electron chi connectivity index (χ2n) is 6.22. The summed E-state index contributed by atoms with van der Waals surface area (Å²) in [6, 6.07) is 9.96. The van der Waals surface area contributed by atoms with Crippen LogP contribution in [0.4, 0.5) is 0 Å². The molecule has 28 heavy (non-hydrogen) atoms. The standard InChI is InChI=1S/C19H19Br2ClN2O4/c1-11(2)9-27-16-5-3-12(7-14(16)21)19(26)24-23-18(25)10-28-17-6-4-13(20)8-15(17)22/h3-8,11H,9-10H2,1-2H3,(H,23,25)(H,24,26). The highest BCUT2D eigenvalue weighted by Gasteiger charge is 2.12. The van der Waals surface area contributed by atoms with Gasteiger partial charge < -0.3 is 9.47 Å². The minimum Gasteiger partial charge on any atom is -0.492 e. The van der Waals surface area contributed by atoms with Gasteiger partial charge in [0.15, 0.2) is 6.61 Å². The number of rotatable bonds is 7. The average molecular weight is 535 g/mol. The third-order valence-electron chi connectivity index (χ3n) is 3.33. The first-order chi connectivity index (χ1) is 13.3. The van der Waals surface area contributed by atoms with Crippen LogP contribution in [0, 0.1) is 5.92 Å². The summed E-state index contributed by atoms with van der Waals surface area (Å²) in [5.41, 5.74) is 4.99. The number of halogens is 3. The Morgan fingerprint density at radius 3 is 2.39 bits per heavy atom. The SMILES string of the molecule is CC(C)COc1ccc(C(=O)NNC(=O)COc2ccc(Br)cc2Cl)cc1Br. The molecule has 0 heterocycles. The molecular formula is C19H19Br2ClN2O4. The van der Waals surface area contributed by atoms with Gasteiger partial charge >= 0.3 is 0 Å². The zero-order chi connectivity index (χ0) is 20.7. The van der Waals surface area contributed by atoms with Crippen LogP contribution in [0.3, 0.4) is 0 Å². The predicted octanol–water partition coefficient (Wildman–Crippen LogP) is 4.74. The molecule has 0 fully saturated rings. The summed E-state index contributed by atoms with van der Waals surface area (Å²) in [7, 11) is 0. The lowest BCUT2D eigenvalue weighted by atomic mass is 10.2. The smallest absolute Gasteiger partial charge is 0.276 e. The van der Waals surface area contributed by atoms with Gasteiger partial charge in [0.05, 0.1) is 16.1 Å². The molecule has 2 amide bonds. The van der Waals surface area contributed by atoms with Crippen molar-refractivity contribution in [2.45, 2.75) is 13.8 Å². The Hall–Kier alpha value is -1.77. The molecule has 0 aromatic heterocycles. The van der Waals surface area contributed by atoms with Gasteiger partial charge in [-0.05, 0) is 58.2 Å².